The summed E-state index contributed by atoms with van der Waals surface area (Å²) in [7, 11) is 0. The maximum atomic E-state index is 13.3. The van der Waals surface area contributed by atoms with E-state index in [4.69, 9.17) is 4.74 Å². The third-order valence-corrected chi connectivity index (χ3v) is 6.44. The van der Waals surface area contributed by atoms with Crippen molar-refractivity contribution in [1.29, 1.82) is 0 Å². The first-order chi connectivity index (χ1) is 17.2. The van der Waals surface area contributed by atoms with Crippen LogP contribution in [0, 0.1) is 0 Å². The van der Waals surface area contributed by atoms with E-state index in [1.165, 1.54) is 5.56 Å². The van der Waals surface area contributed by atoms with Crippen molar-refractivity contribution in [3.63, 3.8) is 0 Å². The smallest absolute Gasteiger partial charge is 0.241 e. The van der Waals surface area contributed by atoms with Gasteiger partial charge in [-0.3, -0.25) is 10.1 Å². The van der Waals surface area contributed by atoms with Crippen LogP contribution in [0.2, 0.25) is 0 Å². The van der Waals surface area contributed by atoms with Gasteiger partial charge in [-0.15, -0.1) is 0 Å². The number of nitrogens with one attached hydrogen (secondary N) is 3. The molecule has 0 radical (unpaired) electrons. The van der Waals surface area contributed by atoms with E-state index in [1.807, 2.05) is 91.0 Å². The maximum Gasteiger partial charge on any atom is 0.241 e. The van der Waals surface area contributed by atoms with Crippen LogP contribution < -0.4 is 15.4 Å². The molecule has 1 aliphatic heterocycles. The minimum atomic E-state index is -0.384. The number of rotatable bonds is 5. The van der Waals surface area contributed by atoms with Gasteiger partial charge in [0, 0.05) is 22.3 Å². The van der Waals surface area contributed by atoms with E-state index in [-0.39, 0.29) is 18.0 Å². The molecular weight excluding hydrogens is 434 g/mol. The Morgan fingerprint density at radius 1 is 0.800 bits per heavy atom. The zero-order valence-electron chi connectivity index (χ0n) is 19.1. The van der Waals surface area contributed by atoms with Gasteiger partial charge in [0.1, 0.15) is 11.5 Å². The van der Waals surface area contributed by atoms with Crippen LogP contribution in [0.15, 0.2) is 109 Å². The second-order valence-electron chi connectivity index (χ2n) is 8.76. The number of anilines is 1. The summed E-state index contributed by atoms with van der Waals surface area (Å²) in [5.74, 6) is 1.49. The van der Waals surface area contributed by atoms with Gasteiger partial charge in [0.05, 0.1) is 12.1 Å². The number of ether oxygens (including phenoxy) is 1. The molecule has 35 heavy (non-hydrogen) atoms. The molecule has 0 saturated carbocycles. The van der Waals surface area contributed by atoms with Crippen LogP contribution in [0.3, 0.4) is 0 Å². The number of aromatic nitrogens is 1. The van der Waals surface area contributed by atoms with Gasteiger partial charge < -0.3 is 15.0 Å². The van der Waals surface area contributed by atoms with Crippen LogP contribution in [0.4, 0.5) is 5.69 Å². The number of aromatic amines is 1. The van der Waals surface area contributed by atoms with E-state index in [2.05, 4.69) is 33.8 Å². The van der Waals surface area contributed by atoms with Crippen LogP contribution in [0.5, 0.6) is 11.5 Å². The van der Waals surface area contributed by atoms with Gasteiger partial charge in [-0.1, -0.05) is 66.7 Å². The number of benzene rings is 4. The standard InChI is InChI=1S/C30H25N3O2/c34-30(31-21-11-3-1-4-12-21)27-19-25-24-16-7-8-17-26(24)32-29(25)28(33-27)20-10-9-15-23(18-20)35-22-13-5-2-6-14-22/h1-18,27-28,32-33H,19H2,(H,31,34)/t27-,28?/m1/s1. The third kappa shape index (κ3) is 4.29. The molecule has 5 aromatic rings. The average Bonchev–Trinajstić information content (AvgIpc) is 3.28. The summed E-state index contributed by atoms with van der Waals surface area (Å²) < 4.78 is 6.09. The first-order valence-corrected chi connectivity index (χ1v) is 11.8. The Balaban J connectivity index is 1.36. The molecule has 3 N–H and O–H groups in total. The van der Waals surface area contributed by atoms with Crippen molar-refractivity contribution in [3.8, 4) is 11.5 Å². The molecule has 1 aliphatic rings. The van der Waals surface area contributed by atoms with Gasteiger partial charge in [0.25, 0.3) is 0 Å². The molecule has 0 bridgehead atoms. The van der Waals surface area contributed by atoms with Crippen LogP contribution >= 0.6 is 0 Å². The quantitative estimate of drug-likeness (QED) is 0.293. The van der Waals surface area contributed by atoms with Gasteiger partial charge in [0.15, 0.2) is 0 Å². The van der Waals surface area contributed by atoms with Crippen molar-refractivity contribution in [2.24, 2.45) is 0 Å². The lowest BCUT2D eigenvalue weighted by atomic mass is 9.90. The van der Waals surface area contributed by atoms with Crippen LogP contribution in [0.1, 0.15) is 22.9 Å². The Kier molecular flexibility index (Phi) is 5.53. The highest BCUT2D eigenvalue weighted by atomic mass is 16.5. The number of carbonyl (C=O) groups excluding carboxylic acids is 1. The number of hydrogen-bond donors (Lipinski definition) is 3. The zero-order valence-corrected chi connectivity index (χ0v) is 19.1. The summed E-state index contributed by atoms with van der Waals surface area (Å²) in [5, 5.41) is 7.82. The van der Waals surface area contributed by atoms with Crippen LogP contribution in [-0.4, -0.2) is 16.9 Å². The molecule has 2 atom stereocenters. The predicted octanol–water partition coefficient (Wildman–Crippen LogP) is 6.20. The molecule has 0 spiro atoms. The Morgan fingerprint density at radius 2 is 1.51 bits per heavy atom. The number of amides is 1. The molecule has 5 heteroatoms. The Hall–Kier alpha value is -4.35. The molecule has 0 aliphatic carbocycles. The lowest BCUT2D eigenvalue weighted by Crippen LogP contribution is -2.47. The fourth-order valence-corrected chi connectivity index (χ4v) is 4.80. The third-order valence-electron chi connectivity index (χ3n) is 6.44. The lowest BCUT2D eigenvalue weighted by molar-refractivity contribution is -0.118. The zero-order chi connectivity index (χ0) is 23.6. The molecule has 1 amide bonds. The fourth-order valence-electron chi connectivity index (χ4n) is 4.80. The van der Waals surface area contributed by atoms with E-state index in [9.17, 15) is 4.79 Å². The number of carbonyl (C=O) groups is 1. The monoisotopic (exact) mass is 459 g/mol. The predicted molar refractivity (Wildman–Crippen MR) is 139 cm³/mol. The van der Waals surface area contributed by atoms with E-state index < -0.39 is 0 Å². The number of hydrogen-bond acceptors (Lipinski definition) is 3. The van der Waals surface area contributed by atoms with Gasteiger partial charge in [0.2, 0.25) is 5.91 Å². The van der Waals surface area contributed by atoms with Crippen LogP contribution in [-0.2, 0) is 11.2 Å². The summed E-state index contributed by atoms with van der Waals surface area (Å²) in [6.07, 6.45) is 0.606. The second-order valence-corrected chi connectivity index (χ2v) is 8.76. The molecule has 0 saturated heterocycles. The molecular formula is C30H25N3O2. The molecule has 172 valence electrons. The second kappa shape index (κ2) is 9.12. The molecule has 6 rings (SSSR count). The lowest BCUT2D eigenvalue weighted by Gasteiger charge is -2.31. The Labute approximate surface area is 203 Å². The van der Waals surface area contributed by atoms with E-state index in [1.54, 1.807) is 0 Å². The molecule has 2 heterocycles. The van der Waals surface area contributed by atoms with E-state index in [0.717, 1.165) is 39.3 Å². The highest BCUT2D eigenvalue weighted by Crippen LogP contribution is 2.36. The highest BCUT2D eigenvalue weighted by Gasteiger charge is 2.34. The molecule has 4 aromatic carbocycles. The van der Waals surface area contributed by atoms with Crippen molar-refractivity contribution >= 4 is 22.5 Å². The summed E-state index contributed by atoms with van der Waals surface area (Å²) >= 11 is 0. The number of H-pyrrole nitrogens is 1. The van der Waals surface area contributed by atoms with Gasteiger partial charge in [-0.25, -0.2) is 0 Å². The minimum absolute atomic E-state index is 0.0474. The minimum Gasteiger partial charge on any atom is -0.457 e. The largest absolute Gasteiger partial charge is 0.457 e. The van der Waals surface area contributed by atoms with Crippen molar-refractivity contribution in [3.05, 3.63) is 126 Å². The Bertz CT molecular complexity index is 1480. The van der Waals surface area contributed by atoms with E-state index in [0.29, 0.717) is 6.42 Å². The maximum absolute atomic E-state index is 13.3. The molecule has 5 nitrogen and oxygen atoms in total. The summed E-state index contributed by atoms with van der Waals surface area (Å²) in [6.45, 7) is 0. The van der Waals surface area contributed by atoms with Gasteiger partial charge in [-0.05, 0) is 60.0 Å². The van der Waals surface area contributed by atoms with Gasteiger partial charge >= 0.3 is 0 Å². The average molecular weight is 460 g/mol. The van der Waals surface area contributed by atoms with Crippen molar-refractivity contribution in [1.82, 2.24) is 10.3 Å². The SMILES string of the molecule is O=C(Nc1ccccc1)[C@H]1Cc2c([nH]c3ccccc23)C(c2cccc(Oc3ccccc3)c2)N1. The topological polar surface area (TPSA) is 66.2 Å². The number of fused-ring (bicyclic) bond motifs is 3. The number of para-hydroxylation sites is 3. The van der Waals surface area contributed by atoms with Crippen molar-refractivity contribution in [2.75, 3.05) is 5.32 Å². The van der Waals surface area contributed by atoms with Gasteiger partial charge in [-0.2, -0.15) is 0 Å². The normalized spacial score (nSPS) is 17.0. The summed E-state index contributed by atoms with van der Waals surface area (Å²) in [6, 6.07) is 35.1. The summed E-state index contributed by atoms with van der Waals surface area (Å²) in [5.41, 5.74) is 5.16. The first kappa shape index (κ1) is 21.2. The molecule has 1 aromatic heterocycles. The van der Waals surface area contributed by atoms with Crippen molar-refractivity contribution < 1.29 is 9.53 Å². The fraction of sp³-hybridized carbons (Fsp3) is 0.100. The summed E-state index contributed by atoms with van der Waals surface area (Å²) in [4.78, 5) is 16.9. The van der Waals surface area contributed by atoms with Crippen LogP contribution in [0.25, 0.3) is 10.9 Å². The first-order valence-electron chi connectivity index (χ1n) is 11.8. The van der Waals surface area contributed by atoms with Crippen molar-refractivity contribution in [2.45, 2.75) is 18.5 Å². The molecule has 1 unspecified atom stereocenters. The highest BCUT2D eigenvalue weighted by molar-refractivity contribution is 5.96. The van der Waals surface area contributed by atoms with E-state index >= 15 is 0 Å². The molecule has 0 fully saturated rings. The Morgan fingerprint density at radius 3 is 2.34 bits per heavy atom.